The van der Waals surface area contributed by atoms with Crippen molar-refractivity contribution in [3.63, 3.8) is 0 Å². The van der Waals surface area contributed by atoms with Crippen molar-refractivity contribution in [2.75, 3.05) is 23.4 Å². The molecule has 132 valence electrons. The van der Waals surface area contributed by atoms with Crippen LogP contribution in [-0.2, 0) is 0 Å². The van der Waals surface area contributed by atoms with E-state index in [4.69, 9.17) is 5.26 Å². The lowest BCUT2D eigenvalue weighted by Crippen LogP contribution is -2.23. The minimum atomic E-state index is 0.525. The Morgan fingerprint density at radius 2 is 2.15 bits per heavy atom. The van der Waals surface area contributed by atoms with Crippen LogP contribution >= 0.6 is 0 Å². The quantitative estimate of drug-likeness (QED) is 0.499. The fraction of sp³-hybridized carbons (Fsp3) is 0.250. The number of aromatic amines is 1. The molecule has 26 heavy (non-hydrogen) atoms. The largest absolute Gasteiger partial charge is 0.371 e. The first-order valence-corrected chi connectivity index (χ1v) is 8.67. The number of nitrogens with zero attached hydrogens (tertiary/aromatic N) is 4. The van der Waals surface area contributed by atoms with Crippen LogP contribution in [0, 0.1) is 18.3 Å². The molecule has 0 radical (unpaired) electrons. The highest BCUT2D eigenvalue weighted by atomic mass is 15.3. The molecular formula is C20H22N6. The van der Waals surface area contributed by atoms with E-state index in [-0.39, 0.29) is 0 Å². The molecule has 0 fully saturated rings. The Hall–Kier alpha value is -3.33. The molecule has 0 saturated carbocycles. The van der Waals surface area contributed by atoms with E-state index in [0.717, 1.165) is 40.9 Å². The zero-order valence-corrected chi connectivity index (χ0v) is 15.0. The van der Waals surface area contributed by atoms with Crippen molar-refractivity contribution in [1.29, 1.82) is 5.26 Å². The van der Waals surface area contributed by atoms with E-state index < -0.39 is 0 Å². The van der Waals surface area contributed by atoms with Crippen LogP contribution < -0.4 is 10.3 Å². The van der Waals surface area contributed by atoms with Crippen LogP contribution in [0.3, 0.4) is 0 Å². The molecule has 0 amide bonds. The Morgan fingerprint density at radius 1 is 1.31 bits per heavy atom. The fourth-order valence-corrected chi connectivity index (χ4v) is 2.82. The van der Waals surface area contributed by atoms with Gasteiger partial charge in [0.25, 0.3) is 0 Å². The number of fused-ring (bicyclic) bond motifs is 1. The number of nitriles is 1. The molecule has 3 aromatic rings. The number of anilines is 2. The van der Waals surface area contributed by atoms with Gasteiger partial charge >= 0.3 is 0 Å². The van der Waals surface area contributed by atoms with E-state index in [9.17, 15) is 0 Å². The number of benzene rings is 2. The Labute approximate surface area is 153 Å². The summed E-state index contributed by atoms with van der Waals surface area (Å²) >= 11 is 0. The number of hydrogen-bond donors (Lipinski definition) is 2. The van der Waals surface area contributed by atoms with E-state index in [2.05, 4.69) is 57.4 Å². The zero-order chi connectivity index (χ0) is 18.4. The third-order valence-corrected chi connectivity index (χ3v) is 4.26. The first-order valence-electron chi connectivity index (χ1n) is 8.67. The van der Waals surface area contributed by atoms with Gasteiger partial charge < -0.3 is 9.88 Å². The zero-order valence-electron chi connectivity index (χ0n) is 15.0. The Bertz CT molecular complexity index is 917. The topological polar surface area (TPSA) is 80.1 Å². The minimum absolute atomic E-state index is 0.525. The second kappa shape index (κ2) is 8.17. The smallest absolute Gasteiger partial charge is 0.222 e. The summed E-state index contributed by atoms with van der Waals surface area (Å²) in [5, 5.41) is 13.1. The summed E-state index contributed by atoms with van der Waals surface area (Å²) in [6.07, 6.45) is 2.31. The average molecular weight is 346 g/mol. The van der Waals surface area contributed by atoms with Crippen LogP contribution in [0.2, 0.25) is 0 Å². The summed E-state index contributed by atoms with van der Waals surface area (Å²) in [4.78, 5) is 9.81. The number of H-pyrrole nitrogens is 1. The SMILES string of the molecule is CCN(CCC#N)c1ccc(/C=N\Nc2nc3ccccc3[nH]2)c(C)c1. The lowest BCUT2D eigenvalue weighted by Gasteiger charge is -2.22. The molecule has 0 atom stereocenters. The van der Waals surface area contributed by atoms with Crippen LogP contribution in [0.4, 0.5) is 11.6 Å². The summed E-state index contributed by atoms with van der Waals surface area (Å²) in [5.74, 6) is 0.616. The molecule has 3 rings (SSSR count). The van der Waals surface area contributed by atoms with Gasteiger partial charge in [-0.2, -0.15) is 10.4 Å². The molecule has 0 bridgehead atoms. The maximum atomic E-state index is 8.78. The second-order valence-corrected chi connectivity index (χ2v) is 6.00. The number of hydrazone groups is 1. The molecule has 0 aliphatic rings. The van der Waals surface area contributed by atoms with E-state index >= 15 is 0 Å². The molecule has 1 heterocycles. The first-order chi connectivity index (χ1) is 12.7. The number of para-hydroxylation sites is 2. The summed E-state index contributed by atoms with van der Waals surface area (Å²) in [7, 11) is 0. The molecule has 0 aliphatic carbocycles. The van der Waals surface area contributed by atoms with Crippen LogP contribution in [0.15, 0.2) is 47.6 Å². The van der Waals surface area contributed by atoms with Crippen molar-refractivity contribution in [3.8, 4) is 6.07 Å². The lowest BCUT2D eigenvalue weighted by atomic mass is 10.1. The van der Waals surface area contributed by atoms with Crippen molar-refractivity contribution < 1.29 is 0 Å². The van der Waals surface area contributed by atoms with E-state index in [1.165, 1.54) is 0 Å². The lowest BCUT2D eigenvalue weighted by molar-refractivity contribution is 0.826. The fourth-order valence-electron chi connectivity index (χ4n) is 2.82. The number of aryl methyl sites for hydroxylation is 1. The third kappa shape index (κ3) is 4.01. The van der Waals surface area contributed by atoms with Crippen LogP contribution in [-0.4, -0.2) is 29.3 Å². The molecular weight excluding hydrogens is 324 g/mol. The number of aromatic nitrogens is 2. The summed E-state index contributed by atoms with van der Waals surface area (Å²) < 4.78 is 0. The van der Waals surface area contributed by atoms with Crippen LogP contribution in [0.5, 0.6) is 0 Å². The highest BCUT2D eigenvalue weighted by Crippen LogP contribution is 2.19. The maximum absolute atomic E-state index is 8.78. The number of nitrogens with one attached hydrogen (secondary N) is 2. The molecule has 0 spiro atoms. The normalized spacial score (nSPS) is 11.0. The predicted molar refractivity (Wildman–Crippen MR) is 107 cm³/mol. The van der Waals surface area contributed by atoms with Crippen molar-refractivity contribution in [1.82, 2.24) is 9.97 Å². The van der Waals surface area contributed by atoms with Gasteiger partial charge in [0.1, 0.15) is 0 Å². The molecule has 0 unspecified atom stereocenters. The molecule has 2 aromatic carbocycles. The Morgan fingerprint density at radius 3 is 2.88 bits per heavy atom. The third-order valence-electron chi connectivity index (χ3n) is 4.26. The monoisotopic (exact) mass is 346 g/mol. The van der Waals surface area contributed by atoms with E-state index in [0.29, 0.717) is 12.4 Å². The highest BCUT2D eigenvalue weighted by molar-refractivity contribution is 5.83. The molecule has 0 saturated heterocycles. The van der Waals surface area contributed by atoms with Crippen LogP contribution in [0.25, 0.3) is 11.0 Å². The average Bonchev–Trinajstić information content (AvgIpc) is 3.07. The van der Waals surface area contributed by atoms with Gasteiger partial charge in [0.15, 0.2) is 0 Å². The van der Waals surface area contributed by atoms with Gasteiger partial charge in [-0.25, -0.2) is 10.4 Å². The predicted octanol–water partition coefficient (Wildman–Crippen LogP) is 4.06. The van der Waals surface area contributed by atoms with Gasteiger partial charge in [-0.05, 0) is 49.2 Å². The van der Waals surface area contributed by atoms with Gasteiger partial charge in [0.2, 0.25) is 5.95 Å². The molecule has 1 aromatic heterocycles. The van der Waals surface area contributed by atoms with E-state index in [1.807, 2.05) is 30.3 Å². The Kier molecular flexibility index (Phi) is 5.49. The van der Waals surface area contributed by atoms with Crippen LogP contribution in [0.1, 0.15) is 24.5 Å². The standard InChI is InChI=1S/C20H22N6/c1-3-26(12-6-11-21)17-10-9-16(15(2)13-17)14-22-25-20-23-18-7-4-5-8-19(18)24-20/h4-5,7-10,13-14H,3,6,12H2,1-2H3,(H2,23,24,25)/b22-14-. The number of rotatable bonds is 7. The summed E-state index contributed by atoms with van der Waals surface area (Å²) in [6, 6.07) is 16.3. The van der Waals surface area contributed by atoms with Gasteiger partial charge in [-0.3, -0.25) is 0 Å². The molecule has 6 heteroatoms. The highest BCUT2D eigenvalue weighted by Gasteiger charge is 2.06. The number of imidazole rings is 1. The summed E-state index contributed by atoms with van der Waals surface area (Å²) in [5.41, 5.74) is 8.12. The molecule has 0 aliphatic heterocycles. The van der Waals surface area contributed by atoms with Crippen molar-refractivity contribution >= 4 is 28.9 Å². The van der Waals surface area contributed by atoms with Gasteiger partial charge in [0, 0.05) is 18.8 Å². The Balaban J connectivity index is 1.69. The first kappa shape index (κ1) is 17.5. The van der Waals surface area contributed by atoms with E-state index in [1.54, 1.807) is 6.21 Å². The minimum Gasteiger partial charge on any atom is -0.371 e. The van der Waals surface area contributed by atoms with Gasteiger partial charge in [0.05, 0.1) is 29.7 Å². The summed E-state index contributed by atoms with van der Waals surface area (Å²) in [6.45, 7) is 5.78. The van der Waals surface area contributed by atoms with Crippen molar-refractivity contribution in [2.24, 2.45) is 5.10 Å². The second-order valence-electron chi connectivity index (χ2n) is 6.00. The molecule has 2 N–H and O–H groups in total. The number of hydrogen-bond acceptors (Lipinski definition) is 5. The molecule has 6 nitrogen and oxygen atoms in total. The van der Waals surface area contributed by atoms with Gasteiger partial charge in [-0.15, -0.1) is 0 Å². The maximum Gasteiger partial charge on any atom is 0.222 e. The van der Waals surface area contributed by atoms with Gasteiger partial charge in [-0.1, -0.05) is 18.2 Å². The van der Waals surface area contributed by atoms with Crippen molar-refractivity contribution in [2.45, 2.75) is 20.3 Å². The van der Waals surface area contributed by atoms with Crippen molar-refractivity contribution in [3.05, 3.63) is 53.6 Å².